The quantitative estimate of drug-likeness (QED) is 0.425. The van der Waals surface area contributed by atoms with Crippen molar-refractivity contribution in [3.05, 3.63) is 36.0 Å². The van der Waals surface area contributed by atoms with Crippen molar-refractivity contribution in [2.24, 2.45) is 0 Å². The van der Waals surface area contributed by atoms with Crippen molar-refractivity contribution in [3.63, 3.8) is 0 Å². The summed E-state index contributed by atoms with van der Waals surface area (Å²) in [5.41, 5.74) is 1.60. The summed E-state index contributed by atoms with van der Waals surface area (Å²) in [6.45, 7) is 3.87. The van der Waals surface area contributed by atoms with Crippen LogP contribution in [0.3, 0.4) is 0 Å². The minimum absolute atomic E-state index is 0.0589. The fourth-order valence-electron chi connectivity index (χ4n) is 2.25. The maximum absolute atomic E-state index is 11.9. The van der Waals surface area contributed by atoms with Gasteiger partial charge in [0.15, 0.2) is 11.5 Å². The molecule has 6 heteroatoms. The number of esters is 1. The lowest BCUT2D eigenvalue weighted by molar-refractivity contribution is -0.144. The smallest absolute Gasteiger partial charge is 0.327 e. The summed E-state index contributed by atoms with van der Waals surface area (Å²) < 4.78 is 6.62. The van der Waals surface area contributed by atoms with E-state index >= 15 is 0 Å². The Kier molecular flexibility index (Phi) is 6.02. The fraction of sp³-hybridized carbons (Fsp3) is 0.412. The van der Waals surface area contributed by atoms with Gasteiger partial charge in [0.2, 0.25) is 0 Å². The number of Topliss-reactive ketones (excluding diaryl/α,β-unsaturated/α-hetero) is 1. The highest BCUT2D eigenvalue weighted by Gasteiger charge is 2.20. The highest BCUT2D eigenvalue weighted by molar-refractivity contribution is 5.98. The summed E-state index contributed by atoms with van der Waals surface area (Å²) in [5, 5.41) is 7.85. The summed E-state index contributed by atoms with van der Waals surface area (Å²) in [5.74, 6) is -0.565. The third-order valence-corrected chi connectivity index (χ3v) is 3.41. The van der Waals surface area contributed by atoms with Crippen LogP contribution >= 0.6 is 0 Å². The number of ketones is 1. The van der Waals surface area contributed by atoms with Crippen molar-refractivity contribution in [2.75, 3.05) is 6.61 Å². The number of hydrogen-bond donors (Lipinski definition) is 0. The normalized spacial score (nSPS) is 10.5. The van der Waals surface area contributed by atoms with Gasteiger partial charge in [0.05, 0.1) is 6.61 Å². The molecule has 0 atom stereocenters. The summed E-state index contributed by atoms with van der Waals surface area (Å²) in [6, 6.07) is 9.31. The minimum atomic E-state index is -0.377. The average molecular weight is 315 g/mol. The molecule has 0 radical (unpaired) electrons. The van der Waals surface area contributed by atoms with E-state index in [0.717, 1.165) is 24.8 Å². The Morgan fingerprint density at radius 3 is 2.57 bits per heavy atom. The zero-order valence-electron chi connectivity index (χ0n) is 13.5. The van der Waals surface area contributed by atoms with Crippen molar-refractivity contribution < 1.29 is 14.3 Å². The van der Waals surface area contributed by atoms with E-state index in [1.54, 1.807) is 0 Å². The molecule has 0 saturated heterocycles. The number of aromatic nitrogens is 3. The van der Waals surface area contributed by atoms with Gasteiger partial charge in [-0.2, -0.15) is 0 Å². The van der Waals surface area contributed by atoms with Gasteiger partial charge in [-0.15, -0.1) is 5.10 Å². The molecule has 0 amide bonds. The Bertz CT molecular complexity index is 665. The third kappa shape index (κ3) is 4.48. The monoisotopic (exact) mass is 315 g/mol. The van der Waals surface area contributed by atoms with E-state index < -0.39 is 0 Å². The van der Waals surface area contributed by atoms with E-state index in [-0.39, 0.29) is 24.0 Å². The van der Waals surface area contributed by atoms with E-state index in [4.69, 9.17) is 4.74 Å². The van der Waals surface area contributed by atoms with Gasteiger partial charge in [0, 0.05) is 12.5 Å². The molecule has 0 aliphatic carbocycles. The van der Waals surface area contributed by atoms with Crippen molar-refractivity contribution in [2.45, 2.75) is 39.7 Å². The fourth-order valence-corrected chi connectivity index (χ4v) is 2.25. The molecule has 2 rings (SSSR count). The second-order valence-electron chi connectivity index (χ2n) is 5.29. The number of hydrogen-bond acceptors (Lipinski definition) is 5. The molecule has 1 heterocycles. The minimum Gasteiger partial charge on any atom is -0.464 e. The highest BCUT2D eigenvalue weighted by atomic mass is 16.5. The molecule has 2 aromatic rings. The number of ether oxygens (including phenoxy) is 1. The first-order valence-electron chi connectivity index (χ1n) is 7.79. The molecule has 0 spiro atoms. The Labute approximate surface area is 135 Å². The van der Waals surface area contributed by atoms with Crippen LogP contribution in [0.1, 0.15) is 43.6 Å². The second kappa shape index (κ2) is 8.22. The van der Waals surface area contributed by atoms with Crippen LogP contribution in [-0.4, -0.2) is 33.4 Å². The maximum Gasteiger partial charge on any atom is 0.327 e. The van der Waals surface area contributed by atoms with Gasteiger partial charge in [-0.25, -0.2) is 4.68 Å². The lowest BCUT2D eigenvalue weighted by Gasteiger charge is -2.08. The second-order valence-corrected chi connectivity index (χ2v) is 5.29. The number of carbonyl (C=O) groups is 2. The first-order chi connectivity index (χ1) is 11.1. The molecule has 0 aliphatic heterocycles. The van der Waals surface area contributed by atoms with Crippen molar-refractivity contribution in [1.82, 2.24) is 15.0 Å². The SMILES string of the molecule is CCCCCOC(=O)Cn1nnc(C(C)=O)c1-c1ccccc1. The van der Waals surface area contributed by atoms with Crippen LogP contribution in [0.25, 0.3) is 11.3 Å². The first-order valence-corrected chi connectivity index (χ1v) is 7.79. The molecule has 23 heavy (non-hydrogen) atoms. The number of nitrogens with zero attached hydrogens (tertiary/aromatic N) is 3. The van der Waals surface area contributed by atoms with Crippen LogP contribution in [-0.2, 0) is 16.1 Å². The Balaban J connectivity index is 2.16. The Hall–Kier alpha value is -2.50. The molecule has 0 unspecified atom stereocenters. The lowest BCUT2D eigenvalue weighted by Crippen LogP contribution is -2.16. The first kappa shape index (κ1) is 16.9. The third-order valence-electron chi connectivity index (χ3n) is 3.41. The Morgan fingerprint density at radius 2 is 1.91 bits per heavy atom. The summed E-state index contributed by atoms with van der Waals surface area (Å²) in [7, 11) is 0. The molecule has 0 aliphatic rings. The zero-order chi connectivity index (χ0) is 16.7. The van der Waals surface area contributed by atoms with E-state index in [1.807, 2.05) is 30.3 Å². The topological polar surface area (TPSA) is 74.1 Å². The molecule has 0 N–H and O–H groups in total. The van der Waals surface area contributed by atoms with Crippen LogP contribution in [0.2, 0.25) is 0 Å². The Morgan fingerprint density at radius 1 is 1.17 bits per heavy atom. The maximum atomic E-state index is 11.9. The van der Waals surface area contributed by atoms with Crippen LogP contribution in [0, 0.1) is 0 Å². The summed E-state index contributed by atoms with van der Waals surface area (Å²) >= 11 is 0. The number of benzene rings is 1. The molecular weight excluding hydrogens is 294 g/mol. The van der Waals surface area contributed by atoms with Crippen LogP contribution in [0.5, 0.6) is 0 Å². The summed E-state index contributed by atoms with van der Waals surface area (Å²) in [4.78, 5) is 23.7. The van der Waals surface area contributed by atoms with E-state index in [2.05, 4.69) is 17.2 Å². The lowest BCUT2D eigenvalue weighted by atomic mass is 10.1. The molecule has 0 fully saturated rings. The van der Waals surface area contributed by atoms with E-state index in [9.17, 15) is 9.59 Å². The van der Waals surface area contributed by atoms with Crippen LogP contribution in [0.15, 0.2) is 30.3 Å². The van der Waals surface area contributed by atoms with Gasteiger partial charge < -0.3 is 4.74 Å². The predicted molar refractivity (Wildman–Crippen MR) is 85.9 cm³/mol. The summed E-state index contributed by atoms with van der Waals surface area (Å²) in [6.07, 6.45) is 2.95. The van der Waals surface area contributed by atoms with Crippen molar-refractivity contribution >= 4 is 11.8 Å². The predicted octanol–water partition coefficient (Wildman–Crippen LogP) is 2.88. The van der Waals surface area contributed by atoms with E-state index in [1.165, 1.54) is 11.6 Å². The van der Waals surface area contributed by atoms with Gasteiger partial charge in [0.25, 0.3) is 0 Å². The average Bonchev–Trinajstić information content (AvgIpc) is 2.96. The van der Waals surface area contributed by atoms with Gasteiger partial charge >= 0.3 is 5.97 Å². The van der Waals surface area contributed by atoms with Gasteiger partial charge in [-0.05, 0) is 6.42 Å². The van der Waals surface area contributed by atoms with Gasteiger partial charge in [-0.3, -0.25) is 9.59 Å². The molecule has 6 nitrogen and oxygen atoms in total. The number of unbranched alkanes of at least 4 members (excludes halogenated alkanes) is 2. The highest BCUT2D eigenvalue weighted by Crippen LogP contribution is 2.22. The molecule has 1 aromatic heterocycles. The number of rotatable bonds is 8. The van der Waals surface area contributed by atoms with Gasteiger partial charge in [0.1, 0.15) is 12.2 Å². The molecule has 1 aromatic carbocycles. The zero-order valence-corrected chi connectivity index (χ0v) is 13.5. The van der Waals surface area contributed by atoms with Crippen molar-refractivity contribution in [1.29, 1.82) is 0 Å². The van der Waals surface area contributed by atoms with Crippen LogP contribution in [0.4, 0.5) is 0 Å². The largest absolute Gasteiger partial charge is 0.464 e. The molecular formula is C17H21N3O3. The van der Waals surface area contributed by atoms with Crippen LogP contribution < -0.4 is 0 Å². The van der Waals surface area contributed by atoms with E-state index in [0.29, 0.717) is 12.3 Å². The van der Waals surface area contributed by atoms with Crippen molar-refractivity contribution in [3.8, 4) is 11.3 Å². The molecule has 122 valence electrons. The standard InChI is InChI=1S/C17H21N3O3/c1-3-4-8-11-23-15(22)12-20-17(14-9-6-5-7-10-14)16(13(2)21)18-19-20/h5-7,9-10H,3-4,8,11-12H2,1-2H3. The van der Waals surface area contributed by atoms with Gasteiger partial charge in [-0.1, -0.05) is 55.3 Å². The number of carbonyl (C=O) groups excluding carboxylic acids is 2. The molecule has 0 saturated carbocycles. The molecule has 0 bridgehead atoms.